The van der Waals surface area contributed by atoms with Crippen molar-refractivity contribution >= 4 is 11.5 Å². The van der Waals surface area contributed by atoms with Gasteiger partial charge in [0.15, 0.2) is 11.5 Å². The zero-order chi connectivity index (χ0) is 12.3. The lowest BCUT2D eigenvalue weighted by Crippen LogP contribution is -2.00. The molecule has 0 radical (unpaired) electrons. The standard InChI is InChI=1S/C11H6F2N4/c12-7-1-2-8(13)9(5-7)17-11-10(6-14)15-3-4-16-11/h1-5H,(H,16,17). The van der Waals surface area contributed by atoms with E-state index in [1.54, 1.807) is 6.07 Å². The molecule has 0 amide bonds. The van der Waals surface area contributed by atoms with E-state index in [4.69, 9.17) is 5.26 Å². The first-order valence-electron chi connectivity index (χ1n) is 4.64. The van der Waals surface area contributed by atoms with Crippen LogP contribution in [0.25, 0.3) is 0 Å². The predicted octanol–water partition coefficient (Wildman–Crippen LogP) is 2.37. The highest BCUT2D eigenvalue weighted by molar-refractivity contribution is 5.60. The van der Waals surface area contributed by atoms with Crippen LogP contribution in [-0.2, 0) is 0 Å². The van der Waals surface area contributed by atoms with Crippen LogP contribution >= 0.6 is 0 Å². The fourth-order valence-corrected chi connectivity index (χ4v) is 1.23. The van der Waals surface area contributed by atoms with Crippen molar-refractivity contribution in [3.05, 3.63) is 47.9 Å². The van der Waals surface area contributed by atoms with Crippen molar-refractivity contribution in [2.45, 2.75) is 0 Å². The van der Waals surface area contributed by atoms with Crippen LogP contribution in [0.2, 0.25) is 0 Å². The summed E-state index contributed by atoms with van der Waals surface area (Å²) in [5.41, 5.74) is -0.0850. The Morgan fingerprint density at radius 2 is 1.94 bits per heavy atom. The molecular weight excluding hydrogens is 226 g/mol. The van der Waals surface area contributed by atoms with Gasteiger partial charge in [-0.25, -0.2) is 18.7 Å². The molecule has 0 saturated carbocycles. The molecule has 0 unspecified atom stereocenters. The topological polar surface area (TPSA) is 61.6 Å². The van der Waals surface area contributed by atoms with E-state index in [2.05, 4.69) is 15.3 Å². The van der Waals surface area contributed by atoms with Gasteiger partial charge in [0.1, 0.15) is 17.7 Å². The molecule has 84 valence electrons. The normalized spacial score (nSPS) is 9.71. The molecule has 0 aliphatic carbocycles. The average Bonchev–Trinajstić information content (AvgIpc) is 2.34. The number of benzene rings is 1. The van der Waals surface area contributed by atoms with Gasteiger partial charge in [-0.05, 0) is 12.1 Å². The number of hydrogen-bond donors (Lipinski definition) is 1. The molecule has 0 saturated heterocycles. The van der Waals surface area contributed by atoms with Gasteiger partial charge >= 0.3 is 0 Å². The quantitative estimate of drug-likeness (QED) is 0.863. The van der Waals surface area contributed by atoms with Crippen molar-refractivity contribution < 1.29 is 8.78 Å². The summed E-state index contributed by atoms with van der Waals surface area (Å²) < 4.78 is 26.3. The maximum atomic E-state index is 13.3. The van der Waals surface area contributed by atoms with Crippen molar-refractivity contribution in [3.63, 3.8) is 0 Å². The Balaban J connectivity index is 2.38. The molecule has 0 spiro atoms. The summed E-state index contributed by atoms with van der Waals surface area (Å²) in [4.78, 5) is 7.57. The van der Waals surface area contributed by atoms with Crippen LogP contribution < -0.4 is 5.32 Å². The monoisotopic (exact) mass is 232 g/mol. The second kappa shape index (κ2) is 4.53. The molecule has 1 N–H and O–H groups in total. The second-order valence-electron chi connectivity index (χ2n) is 3.11. The predicted molar refractivity (Wildman–Crippen MR) is 56.4 cm³/mol. The van der Waals surface area contributed by atoms with Crippen molar-refractivity contribution in [2.24, 2.45) is 0 Å². The lowest BCUT2D eigenvalue weighted by molar-refractivity contribution is 0.603. The molecule has 2 rings (SSSR count). The number of nitriles is 1. The zero-order valence-corrected chi connectivity index (χ0v) is 8.48. The van der Waals surface area contributed by atoms with E-state index < -0.39 is 11.6 Å². The molecule has 0 aliphatic heterocycles. The van der Waals surface area contributed by atoms with Crippen LogP contribution in [0.4, 0.5) is 20.3 Å². The zero-order valence-electron chi connectivity index (χ0n) is 8.48. The third-order valence-corrected chi connectivity index (χ3v) is 1.99. The molecule has 1 heterocycles. The van der Waals surface area contributed by atoms with Gasteiger partial charge in [0.2, 0.25) is 0 Å². The van der Waals surface area contributed by atoms with Crippen LogP contribution in [0, 0.1) is 23.0 Å². The van der Waals surface area contributed by atoms with E-state index in [-0.39, 0.29) is 17.2 Å². The maximum Gasteiger partial charge on any atom is 0.183 e. The Morgan fingerprint density at radius 3 is 2.71 bits per heavy atom. The first-order valence-corrected chi connectivity index (χ1v) is 4.64. The van der Waals surface area contributed by atoms with Gasteiger partial charge in [0.25, 0.3) is 0 Å². The molecule has 0 fully saturated rings. The van der Waals surface area contributed by atoms with E-state index in [0.717, 1.165) is 18.2 Å². The van der Waals surface area contributed by atoms with Crippen LogP contribution in [-0.4, -0.2) is 9.97 Å². The third-order valence-electron chi connectivity index (χ3n) is 1.99. The van der Waals surface area contributed by atoms with Crippen LogP contribution in [0.5, 0.6) is 0 Å². The highest BCUT2D eigenvalue weighted by atomic mass is 19.1. The van der Waals surface area contributed by atoms with Crippen LogP contribution in [0.15, 0.2) is 30.6 Å². The second-order valence-corrected chi connectivity index (χ2v) is 3.11. The first kappa shape index (κ1) is 11.0. The number of nitrogens with zero attached hydrogens (tertiary/aromatic N) is 3. The highest BCUT2D eigenvalue weighted by Gasteiger charge is 2.08. The number of aromatic nitrogens is 2. The van der Waals surface area contributed by atoms with Gasteiger partial charge in [-0.3, -0.25) is 0 Å². The molecule has 0 atom stereocenters. The molecule has 6 heteroatoms. The van der Waals surface area contributed by atoms with Crippen molar-refractivity contribution in [1.82, 2.24) is 9.97 Å². The van der Waals surface area contributed by atoms with E-state index in [9.17, 15) is 8.78 Å². The van der Waals surface area contributed by atoms with E-state index >= 15 is 0 Å². The Kier molecular flexibility index (Phi) is 2.92. The summed E-state index contributed by atoms with van der Waals surface area (Å²) in [6.07, 6.45) is 2.69. The molecule has 17 heavy (non-hydrogen) atoms. The SMILES string of the molecule is N#Cc1nccnc1Nc1cc(F)ccc1F. The first-order chi connectivity index (χ1) is 8.20. The smallest absolute Gasteiger partial charge is 0.183 e. The molecule has 1 aromatic heterocycles. The Labute approximate surface area is 95.6 Å². The van der Waals surface area contributed by atoms with Gasteiger partial charge in [-0.2, -0.15) is 5.26 Å². The van der Waals surface area contributed by atoms with Gasteiger partial charge in [-0.15, -0.1) is 0 Å². The molecular formula is C11H6F2N4. The lowest BCUT2D eigenvalue weighted by Gasteiger charge is -2.07. The van der Waals surface area contributed by atoms with E-state index in [0.29, 0.717) is 0 Å². The van der Waals surface area contributed by atoms with Crippen molar-refractivity contribution in [2.75, 3.05) is 5.32 Å². The molecule has 0 aliphatic rings. The van der Waals surface area contributed by atoms with Gasteiger partial charge in [0, 0.05) is 18.5 Å². The number of hydrogen-bond acceptors (Lipinski definition) is 4. The fraction of sp³-hybridized carbons (Fsp3) is 0. The minimum atomic E-state index is -0.638. The van der Waals surface area contributed by atoms with Crippen molar-refractivity contribution in [3.8, 4) is 6.07 Å². The van der Waals surface area contributed by atoms with Gasteiger partial charge < -0.3 is 5.32 Å². The third kappa shape index (κ3) is 2.34. The fourth-order valence-electron chi connectivity index (χ4n) is 1.23. The largest absolute Gasteiger partial charge is 0.335 e. The van der Waals surface area contributed by atoms with Crippen molar-refractivity contribution in [1.29, 1.82) is 5.26 Å². The Hall–Kier alpha value is -2.55. The number of anilines is 2. The molecule has 2 aromatic rings. The number of rotatable bonds is 2. The summed E-state index contributed by atoms with van der Waals surface area (Å²) in [5, 5.41) is 11.3. The Bertz CT molecular complexity index is 592. The van der Waals surface area contributed by atoms with E-state index in [1.165, 1.54) is 12.4 Å². The van der Waals surface area contributed by atoms with E-state index in [1.807, 2.05) is 0 Å². The summed E-state index contributed by atoms with van der Waals surface area (Å²) in [5.74, 6) is -1.14. The van der Waals surface area contributed by atoms with Crippen LogP contribution in [0.3, 0.4) is 0 Å². The lowest BCUT2D eigenvalue weighted by atomic mass is 10.3. The summed E-state index contributed by atoms with van der Waals surface area (Å²) in [6, 6.07) is 4.76. The molecule has 4 nitrogen and oxygen atoms in total. The van der Waals surface area contributed by atoms with Gasteiger partial charge in [-0.1, -0.05) is 0 Å². The molecule has 1 aromatic carbocycles. The average molecular weight is 232 g/mol. The summed E-state index contributed by atoms with van der Waals surface area (Å²) >= 11 is 0. The minimum Gasteiger partial charge on any atom is -0.335 e. The summed E-state index contributed by atoms with van der Waals surface area (Å²) in [7, 11) is 0. The Morgan fingerprint density at radius 1 is 1.18 bits per heavy atom. The minimum absolute atomic E-state index is 0.0103. The summed E-state index contributed by atoms with van der Waals surface area (Å²) in [6.45, 7) is 0. The number of nitrogens with one attached hydrogen (secondary N) is 1. The highest BCUT2D eigenvalue weighted by Crippen LogP contribution is 2.20. The number of halogens is 2. The maximum absolute atomic E-state index is 13.3. The molecule has 0 bridgehead atoms. The van der Waals surface area contributed by atoms with Crippen LogP contribution in [0.1, 0.15) is 5.69 Å². The van der Waals surface area contributed by atoms with Gasteiger partial charge in [0.05, 0.1) is 5.69 Å².